The average Bonchev–Trinajstić information content (AvgIpc) is 2.77. The zero-order chi connectivity index (χ0) is 12.1. The fourth-order valence-electron chi connectivity index (χ4n) is 3.11. The van der Waals surface area contributed by atoms with Gasteiger partial charge < -0.3 is 15.2 Å². The van der Waals surface area contributed by atoms with Gasteiger partial charge in [-0.25, -0.2) is 0 Å². The highest BCUT2D eigenvalue weighted by Crippen LogP contribution is 2.34. The number of hydrogen-bond donors (Lipinski definition) is 1. The lowest BCUT2D eigenvalue weighted by molar-refractivity contribution is -0.106. The van der Waals surface area contributed by atoms with Crippen molar-refractivity contribution in [3.8, 4) is 0 Å². The first kappa shape index (κ1) is 13.3. The summed E-state index contributed by atoms with van der Waals surface area (Å²) < 4.78 is 11.5. The SMILES string of the molecule is CCCN(CCN)C1CCOC2(CCOC2)C1. The largest absolute Gasteiger partial charge is 0.378 e. The fourth-order valence-corrected chi connectivity index (χ4v) is 3.11. The van der Waals surface area contributed by atoms with Crippen molar-refractivity contribution >= 4 is 0 Å². The van der Waals surface area contributed by atoms with Crippen LogP contribution in [-0.4, -0.2) is 56.0 Å². The Kier molecular flexibility index (Phi) is 4.79. The second-order valence-electron chi connectivity index (χ2n) is 5.31. The summed E-state index contributed by atoms with van der Waals surface area (Å²) in [5.74, 6) is 0. The standard InChI is InChI=1S/C13H26N2O2/c1-2-6-15(7-5-14)12-3-8-17-13(10-12)4-9-16-11-13/h12H,2-11,14H2,1H3. The lowest BCUT2D eigenvalue weighted by Gasteiger charge is -2.42. The molecule has 2 heterocycles. The zero-order valence-electron chi connectivity index (χ0n) is 11.0. The fraction of sp³-hybridized carbons (Fsp3) is 1.00. The van der Waals surface area contributed by atoms with Gasteiger partial charge in [-0.05, 0) is 25.8 Å². The van der Waals surface area contributed by atoms with E-state index in [2.05, 4.69) is 11.8 Å². The van der Waals surface area contributed by atoms with Crippen LogP contribution in [0, 0.1) is 0 Å². The Bertz CT molecular complexity index is 223. The predicted octanol–water partition coefficient (Wildman–Crippen LogP) is 0.995. The van der Waals surface area contributed by atoms with E-state index in [4.69, 9.17) is 15.2 Å². The summed E-state index contributed by atoms with van der Waals surface area (Å²) in [5, 5.41) is 0. The molecule has 2 aliphatic heterocycles. The molecule has 2 aliphatic rings. The van der Waals surface area contributed by atoms with Gasteiger partial charge in [-0.3, -0.25) is 4.90 Å². The highest BCUT2D eigenvalue weighted by atomic mass is 16.6. The van der Waals surface area contributed by atoms with E-state index < -0.39 is 0 Å². The van der Waals surface area contributed by atoms with Gasteiger partial charge in [0.25, 0.3) is 0 Å². The first-order valence-electron chi connectivity index (χ1n) is 6.95. The maximum Gasteiger partial charge on any atom is 0.0951 e. The summed E-state index contributed by atoms with van der Waals surface area (Å²) >= 11 is 0. The molecule has 0 aromatic rings. The third kappa shape index (κ3) is 3.19. The second kappa shape index (κ2) is 6.14. The van der Waals surface area contributed by atoms with Crippen molar-refractivity contribution in [2.75, 3.05) is 39.5 Å². The van der Waals surface area contributed by atoms with Crippen LogP contribution in [0.2, 0.25) is 0 Å². The molecule has 0 radical (unpaired) electrons. The Labute approximate surface area is 104 Å². The molecule has 4 nitrogen and oxygen atoms in total. The van der Waals surface area contributed by atoms with E-state index in [1.165, 1.54) is 6.42 Å². The molecule has 0 aliphatic carbocycles. The lowest BCUT2D eigenvalue weighted by Crippen LogP contribution is -2.50. The van der Waals surface area contributed by atoms with E-state index >= 15 is 0 Å². The molecule has 2 saturated heterocycles. The smallest absolute Gasteiger partial charge is 0.0951 e. The number of nitrogens with zero attached hydrogens (tertiary/aromatic N) is 1. The van der Waals surface area contributed by atoms with Gasteiger partial charge in [0.2, 0.25) is 0 Å². The van der Waals surface area contributed by atoms with E-state index in [0.717, 1.165) is 58.7 Å². The number of hydrogen-bond acceptors (Lipinski definition) is 4. The molecule has 2 unspecified atom stereocenters. The van der Waals surface area contributed by atoms with E-state index in [0.29, 0.717) is 6.04 Å². The molecule has 0 saturated carbocycles. The second-order valence-corrected chi connectivity index (χ2v) is 5.31. The molecule has 4 heteroatoms. The number of rotatable bonds is 5. The van der Waals surface area contributed by atoms with Crippen molar-refractivity contribution in [2.24, 2.45) is 5.73 Å². The molecule has 1 spiro atoms. The van der Waals surface area contributed by atoms with Crippen molar-refractivity contribution < 1.29 is 9.47 Å². The van der Waals surface area contributed by atoms with Crippen LogP contribution in [0.5, 0.6) is 0 Å². The quantitative estimate of drug-likeness (QED) is 0.781. The van der Waals surface area contributed by atoms with Crippen molar-refractivity contribution in [1.29, 1.82) is 0 Å². The van der Waals surface area contributed by atoms with Crippen LogP contribution in [0.1, 0.15) is 32.6 Å². The van der Waals surface area contributed by atoms with Gasteiger partial charge in [-0.15, -0.1) is 0 Å². The Hall–Kier alpha value is -0.160. The van der Waals surface area contributed by atoms with Crippen molar-refractivity contribution in [2.45, 2.75) is 44.2 Å². The van der Waals surface area contributed by atoms with Crippen LogP contribution in [-0.2, 0) is 9.47 Å². The number of ether oxygens (including phenoxy) is 2. The van der Waals surface area contributed by atoms with Crippen LogP contribution in [0.3, 0.4) is 0 Å². The highest BCUT2D eigenvalue weighted by Gasteiger charge is 2.42. The van der Waals surface area contributed by atoms with E-state index in [1.54, 1.807) is 0 Å². The summed E-state index contributed by atoms with van der Waals surface area (Å²) in [6.07, 6.45) is 4.52. The lowest BCUT2D eigenvalue weighted by atomic mass is 9.88. The topological polar surface area (TPSA) is 47.7 Å². The van der Waals surface area contributed by atoms with Gasteiger partial charge in [0.15, 0.2) is 0 Å². The summed E-state index contributed by atoms with van der Waals surface area (Å²) in [5.41, 5.74) is 5.73. The first-order valence-corrected chi connectivity index (χ1v) is 6.95. The monoisotopic (exact) mass is 242 g/mol. The summed E-state index contributed by atoms with van der Waals surface area (Å²) in [7, 11) is 0. The molecule has 2 atom stereocenters. The maximum atomic E-state index is 5.98. The molecule has 2 N–H and O–H groups in total. The molecule has 2 fully saturated rings. The van der Waals surface area contributed by atoms with Gasteiger partial charge in [-0.1, -0.05) is 6.92 Å². The van der Waals surface area contributed by atoms with E-state index in [9.17, 15) is 0 Å². The molecule has 2 rings (SSSR count). The summed E-state index contributed by atoms with van der Waals surface area (Å²) in [6, 6.07) is 0.633. The van der Waals surface area contributed by atoms with Gasteiger partial charge in [0.1, 0.15) is 0 Å². The van der Waals surface area contributed by atoms with Crippen molar-refractivity contribution in [3.05, 3.63) is 0 Å². The van der Waals surface area contributed by atoms with E-state index in [1.807, 2.05) is 0 Å². The van der Waals surface area contributed by atoms with Crippen LogP contribution < -0.4 is 5.73 Å². The molecule has 0 amide bonds. The Morgan fingerprint density at radius 2 is 2.24 bits per heavy atom. The van der Waals surface area contributed by atoms with E-state index in [-0.39, 0.29) is 5.60 Å². The summed E-state index contributed by atoms with van der Waals surface area (Å²) in [6.45, 7) is 7.66. The average molecular weight is 242 g/mol. The third-order valence-electron chi connectivity index (χ3n) is 3.98. The highest BCUT2D eigenvalue weighted by molar-refractivity contribution is 4.93. The Morgan fingerprint density at radius 1 is 1.35 bits per heavy atom. The molecule has 100 valence electrons. The Morgan fingerprint density at radius 3 is 2.88 bits per heavy atom. The maximum absolute atomic E-state index is 5.98. The molecule has 0 bridgehead atoms. The Balaban J connectivity index is 1.94. The minimum Gasteiger partial charge on any atom is -0.378 e. The van der Waals surface area contributed by atoms with Gasteiger partial charge in [0.05, 0.1) is 12.2 Å². The molecular weight excluding hydrogens is 216 g/mol. The third-order valence-corrected chi connectivity index (χ3v) is 3.98. The summed E-state index contributed by atoms with van der Waals surface area (Å²) in [4.78, 5) is 2.54. The molecule has 0 aromatic heterocycles. The first-order chi connectivity index (χ1) is 8.29. The predicted molar refractivity (Wildman–Crippen MR) is 68.1 cm³/mol. The van der Waals surface area contributed by atoms with Gasteiger partial charge in [0, 0.05) is 38.8 Å². The van der Waals surface area contributed by atoms with Crippen LogP contribution in [0.25, 0.3) is 0 Å². The normalized spacial score (nSPS) is 33.7. The minimum atomic E-state index is 0.0174. The zero-order valence-corrected chi connectivity index (χ0v) is 11.0. The minimum absolute atomic E-state index is 0.0174. The molecule has 0 aromatic carbocycles. The number of nitrogens with two attached hydrogens (primary N) is 1. The molecular formula is C13H26N2O2. The van der Waals surface area contributed by atoms with Crippen LogP contribution in [0.4, 0.5) is 0 Å². The molecule has 17 heavy (non-hydrogen) atoms. The van der Waals surface area contributed by atoms with Gasteiger partial charge in [-0.2, -0.15) is 0 Å². The van der Waals surface area contributed by atoms with Gasteiger partial charge >= 0.3 is 0 Å². The van der Waals surface area contributed by atoms with Crippen molar-refractivity contribution in [1.82, 2.24) is 4.90 Å². The van der Waals surface area contributed by atoms with Crippen molar-refractivity contribution in [3.63, 3.8) is 0 Å². The van der Waals surface area contributed by atoms with Crippen LogP contribution >= 0.6 is 0 Å². The van der Waals surface area contributed by atoms with Crippen LogP contribution in [0.15, 0.2) is 0 Å².